The zero-order chi connectivity index (χ0) is 15.6. The third-order valence-corrected chi connectivity index (χ3v) is 3.21. The molecule has 1 saturated heterocycles. The number of carboxylic acids is 1. The fraction of sp³-hybridized carbons (Fsp3) is 0.385. The van der Waals surface area contributed by atoms with E-state index in [1.807, 2.05) is 4.90 Å². The molecule has 0 bridgehead atoms. The summed E-state index contributed by atoms with van der Waals surface area (Å²) in [5.41, 5.74) is -0.111. The van der Waals surface area contributed by atoms with E-state index in [9.17, 15) is 22.8 Å². The number of benzene rings is 1. The minimum Gasteiger partial charge on any atom is -0.478 e. The maximum atomic E-state index is 12.2. The molecular weight excluding hydrogens is 289 g/mol. The molecule has 2 rings (SSSR count). The van der Waals surface area contributed by atoms with E-state index < -0.39 is 18.1 Å². The Morgan fingerprint density at radius 3 is 2.33 bits per heavy atom. The number of aromatic carboxylic acids is 1. The van der Waals surface area contributed by atoms with E-state index >= 15 is 0 Å². The summed E-state index contributed by atoms with van der Waals surface area (Å²) in [5, 5.41) is 10.7. The van der Waals surface area contributed by atoms with Crippen molar-refractivity contribution in [3.8, 4) is 0 Å². The summed E-state index contributed by atoms with van der Waals surface area (Å²) in [6.45, 7) is 1.54. The Morgan fingerprint density at radius 1 is 1.19 bits per heavy atom. The van der Waals surface area contributed by atoms with Crippen molar-refractivity contribution in [2.75, 3.05) is 23.3 Å². The maximum Gasteiger partial charge on any atom is 0.471 e. The molecule has 0 unspecified atom stereocenters. The summed E-state index contributed by atoms with van der Waals surface area (Å²) >= 11 is 0. The smallest absolute Gasteiger partial charge is 0.471 e. The van der Waals surface area contributed by atoms with Crippen LogP contribution in [0.3, 0.4) is 0 Å². The Hall–Kier alpha value is -2.25. The SMILES string of the molecule is O=C(O)c1cc(N2CCCC2)ccc1NC(=O)C(F)(F)F. The molecule has 0 aliphatic carbocycles. The number of carbonyl (C=O) groups is 2. The molecule has 114 valence electrons. The molecule has 5 nitrogen and oxygen atoms in total. The van der Waals surface area contributed by atoms with Crippen molar-refractivity contribution in [1.29, 1.82) is 0 Å². The Morgan fingerprint density at radius 2 is 1.81 bits per heavy atom. The highest BCUT2D eigenvalue weighted by Gasteiger charge is 2.39. The van der Waals surface area contributed by atoms with Gasteiger partial charge in [-0.2, -0.15) is 13.2 Å². The fourth-order valence-electron chi connectivity index (χ4n) is 2.18. The van der Waals surface area contributed by atoms with Crippen molar-refractivity contribution >= 4 is 23.3 Å². The second kappa shape index (κ2) is 5.63. The number of anilines is 2. The predicted molar refractivity (Wildman–Crippen MR) is 69.5 cm³/mol. The van der Waals surface area contributed by atoms with Gasteiger partial charge in [0, 0.05) is 18.8 Å². The molecular formula is C13H13F3N2O3. The van der Waals surface area contributed by atoms with Crippen LogP contribution in [0.25, 0.3) is 0 Å². The first-order chi connectivity index (χ1) is 9.79. The first-order valence-electron chi connectivity index (χ1n) is 6.29. The predicted octanol–water partition coefficient (Wildman–Crippen LogP) is 2.49. The van der Waals surface area contributed by atoms with Gasteiger partial charge in [-0.05, 0) is 31.0 Å². The molecule has 1 aliphatic heterocycles. The van der Waals surface area contributed by atoms with Gasteiger partial charge < -0.3 is 15.3 Å². The molecule has 0 saturated carbocycles. The average molecular weight is 302 g/mol. The van der Waals surface area contributed by atoms with Crippen LogP contribution in [0.2, 0.25) is 0 Å². The molecule has 0 aromatic heterocycles. The van der Waals surface area contributed by atoms with Gasteiger partial charge in [-0.3, -0.25) is 4.79 Å². The normalized spacial score (nSPS) is 15.1. The number of alkyl halides is 3. The van der Waals surface area contributed by atoms with E-state index in [2.05, 4.69) is 0 Å². The number of nitrogens with zero attached hydrogens (tertiary/aromatic N) is 1. The molecule has 8 heteroatoms. The van der Waals surface area contributed by atoms with Gasteiger partial charge in [0.15, 0.2) is 0 Å². The fourth-order valence-corrected chi connectivity index (χ4v) is 2.18. The van der Waals surface area contributed by atoms with Crippen molar-refractivity contribution in [3.63, 3.8) is 0 Å². The second-order valence-corrected chi connectivity index (χ2v) is 4.68. The van der Waals surface area contributed by atoms with E-state index in [-0.39, 0.29) is 11.3 Å². The van der Waals surface area contributed by atoms with Gasteiger partial charge in [0.1, 0.15) is 0 Å². The largest absolute Gasteiger partial charge is 0.478 e. The Labute approximate surface area is 118 Å². The third kappa shape index (κ3) is 3.45. The second-order valence-electron chi connectivity index (χ2n) is 4.68. The summed E-state index contributed by atoms with van der Waals surface area (Å²) in [4.78, 5) is 24.0. The van der Waals surface area contributed by atoms with Crippen LogP contribution in [-0.4, -0.2) is 36.2 Å². The lowest BCUT2D eigenvalue weighted by atomic mass is 10.1. The van der Waals surface area contributed by atoms with Crippen molar-refractivity contribution in [2.45, 2.75) is 19.0 Å². The molecule has 21 heavy (non-hydrogen) atoms. The molecule has 1 amide bonds. The van der Waals surface area contributed by atoms with Crippen LogP contribution in [-0.2, 0) is 4.79 Å². The summed E-state index contributed by atoms with van der Waals surface area (Å²) in [7, 11) is 0. The van der Waals surface area contributed by atoms with E-state index in [1.54, 1.807) is 5.32 Å². The van der Waals surface area contributed by atoms with Crippen molar-refractivity contribution < 1.29 is 27.9 Å². The first-order valence-corrected chi connectivity index (χ1v) is 6.29. The number of amides is 1. The first kappa shape index (κ1) is 15.1. The zero-order valence-electron chi connectivity index (χ0n) is 10.9. The molecule has 1 aromatic carbocycles. The topological polar surface area (TPSA) is 69.6 Å². The van der Waals surface area contributed by atoms with Crippen LogP contribution in [0.5, 0.6) is 0 Å². The minimum atomic E-state index is -5.07. The molecule has 1 aliphatic rings. The molecule has 1 heterocycles. The molecule has 0 spiro atoms. The molecule has 0 radical (unpaired) electrons. The molecule has 2 N–H and O–H groups in total. The van der Waals surface area contributed by atoms with Crippen molar-refractivity contribution in [2.24, 2.45) is 0 Å². The Balaban J connectivity index is 2.29. The Bertz CT molecular complexity index is 566. The molecule has 0 atom stereocenters. The van der Waals surface area contributed by atoms with E-state index in [0.717, 1.165) is 25.9 Å². The lowest BCUT2D eigenvalue weighted by Gasteiger charge is -2.19. The minimum absolute atomic E-state index is 0.364. The van der Waals surface area contributed by atoms with Crippen LogP contribution in [0.4, 0.5) is 24.5 Å². The number of hydrogen-bond donors (Lipinski definition) is 2. The number of rotatable bonds is 3. The van der Waals surface area contributed by atoms with Crippen molar-refractivity contribution in [3.05, 3.63) is 23.8 Å². The van der Waals surface area contributed by atoms with Gasteiger partial charge in [0.25, 0.3) is 0 Å². The van der Waals surface area contributed by atoms with Gasteiger partial charge in [-0.25, -0.2) is 4.79 Å². The van der Waals surface area contributed by atoms with Crippen LogP contribution in [0.15, 0.2) is 18.2 Å². The van der Waals surface area contributed by atoms with Gasteiger partial charge in [-0.15, -0.1) is 0 Å². The van der Waals surface area contributed by atoms with Gasteiger partial charge in [-0.1, -0.05) is 0 Å². The highest BCUT2D eigenvalue weighted by Crippen LogP contribution is 2.27. The van der Waals surface area contributed by atoms with Crippen molar-refractivity contribution in [1.82, 2.24) is 0 Å². The highest BCUT2D eigenvalue weighted by molar-refractivity contribution is 6.02. The average Bonchev–Trinajstić information content (AvgIpc) is 2.91. The number of halogens is 3. The lowest BCUT2D eigenvalue weighted by Crippen LogP contribution is -2.30. The molecule has 1 fully saturated rings. The van der Waals surface area contributed by atoms with Crippen LogP contribution in [0, 0.1) is 0 Å². The highest BCUT2D eigenvalue weighted by atomic mass is 19.4. The van der Waals surface area contributed by atoms with E-state index in [0.29, 0.717) is 5.69 Å². The van der Waals surface area contributed by atoms with Gasteiger partial charge in [0.05, 0.1) is 11.3 Å². The summed E-state index contributed by atoms with van der Waals surface area (Å²) in [5.74, 6) is -3.59. The maximum absolute atomic E-state index is 12.2. The standard InChI is InChI=1S/C13H13F3N2O3/c14-13(15,16)12(21)17-10-4-3-8(7-9(10)11(19)20)18-5-1-2-6-18/h3-4,7H,1-2,5-6H2,(H,17,21)(H,19,20). The third-order valence-electron chi connectivity index (χ3n) is 3.21. The van der Waals surface area contributed by atoms with Gasteiger partial charge >= 0.3 is 18.1 Å². The summed E-state index contributed by atoms with van der Waals surface area (Å²) in [6.07, 6.45) is -3.10. The monoisotopic (exact) mass is 302 g/mol. The van der Waals surface area contributed by atoms with Gasteiger partial charge in [0.2, 0.25) is 0 Å². The zero-order valence-corrected chi connectivity index (χ0v) is 10.9. The van der Waals surface area contributed by atoms with Crippen LogP contribution < -0.4 is 10.2 Å². The molecule has 1 aromatic rings. The number of hydrogen-bond acceptors (Lipinski definition) is 3. The van der Waals surface area contributed by atoms with E-state index in [1.165, 1.54) is 18.2 Å². The number of carbonyl (C=O) groups excluding carboxylic acids is 1. The van der Waals surface area contributed by atoms with Crippen LogP contribution >= 0.6 is 0 Å². The lowest BCUT2D eigenvalue weighted by molar-refractivity contribution is -0.167. The summed E-state index contributed by atoms with van der Waals surface area (Å²) in [6, 6.07) is 3.96. The Kier molecular flexibility index (Phi) is 4.06. The quantitative estimate of drug-likeness (QED) is 0.900. The van der Waals surface area contributed by atoms with E-state index in [4.69, 9.17) is 5.11 Å². The number of carboxylic acid groups (broad SMARTS) is 1. The summed E-state index contributed by atoms with van der Waals surface area (Å²) < 4.78 is 36.7. The number of nitrogens with one attached hydrogen (secondary N) is 1. The van der Waals surface area contributed by atoms with Crippen LogP contribution in [0.1, 0.15) is 23.2 Å².